The van der Waals surface area contributed by atoms with Crippen molar-refractivity contribution in [3.63, 3.8) is 0 Å². The van der Waals surface area contributed by atoms with Crippen LogP contribution >= 0.6 is 0 Å². The molecule has 5 nitrogen and oxygen atoms in total. The minimum atomic E-state index is -0.532. The van der Waals surface area contributed by atoms with Gasteiger partial charge in [0.2, 0.25) is 5.91 Å². The van der Waals surface area contributed by atoms with E-state index in [1.165, 1.54) is 5.56 Å². The summed E-state index contributed by atoms with van der Waals surface area (Å²) in [7, 11) is 1.76. The zero-order valence-electron chi connectivity index (χ0n) is 12.6. The summed E-state index contributed by atoms with van der Waals surface area (Å²) in [6.07, 6.45) is 4.19. The lowest BCUT2D eigenvalue weighted by Gasteiger charge is -2.18. The SMILES string of the molecule is CCN(C)C(=O)[C@@H](N)Cc1cn(Cc2ccccc2)cn1. The molecule has 0 aliphatic carbocycles. The Bertz CT molecular complexity index is 579. The van der Waals surface area contributed by atoms with Crippen molar-refractivity contribution in [2.45, 2.75) is 25.9 Å². The minimum Gasteiger partial charge on any atom is -0.345 e. The quantitative estimate of drug-likeness (QED) is 0.870. The van der Waals surface area contributed by atoms with Gasteiger partial charge in [0.15, 0.2) is 0 Å². The van der Waals surface area contributed by atoms with Crippen LogP contribution in [0.25, 0.3) is 0 Å². The zero-order valence-corrected chi connectivity index (χ0v) is 12.6. The maximum absolute atomic E-state index is 11.9. The van der Waals surface area contributed by atoms with Gasteiger partial charge in [-0.25, -0.2) is 4.98 Å². The first-order valence-corrected chi connectivity index (χ1v) is 7.15. The van der Waals surface area contributed by atoms with Gasteiger partial charge in [-0.1, -0.05) is 30.3 Å². The highest BCUT2D eigenvalue weighted by molar-refractivity contribution is 5.81. The van der Waals surface area contributed by atoms with Crippen LogP contribution in [0.5, 0.6) is 0 Å². The van der Waals surface area contributed by atoms with E-state index < -0.39 is 6.04 Å². The van der Waals surface area contributed by atoms with Crippen molar-refractivity contribution in [3.8, 4) is 0 Å². The fourth-order valence-corrected chi connectivity index (χ4v) is 2.14. The molecular formula is C16H22N4O. The monoisotopic (exact) mass is 286 g/mol. The summed E-state index contributed by atoms with van der Waals surface area (Å²) < 4.78 is 2.01. The number of nitrogens with zero attached hydrogens (tertiary/aromatic N) is 3. The van der Waals surface area contributed by atoms with Gasteiger partial charge in [0.05, 0.1) is 18.1 Å². The van der Waals surface area contributed by atoms with Crippen LogP contribution in [0.1, 0.15) is 18.2 Å². The molecule has 112 valence electrons. The molecule has 1 aromatic carbocycles. The highest BCUT2D eigenvalue weighted by Gasteiger charge is 2.18. The zero-order chi connectivity index (χ0) is 15.2. The Labute approximate surface area is 125 Å². The van der Waals surface area contributed by atoms with Crippen LogP contribution in [0.4, 0.5) is 0 Å². The third-order valence-corrected chi connectivity index (χ3v) is 3.49. The molecular weight excluding hydrogens is 264 g/mol. The van der Waals surface area contributed by atoms with Crippen molar-refractivity contribution < 1.29 is 4.79 Å². The average Bonchev–Trinajstić information content (AvgIpc) is 2.93. The number of imidazole rings is 1. The minimum absolute atomic E-state index is 0.0462. The molecule has 0 radical (unpaired) electrons. The molecule has 1 atom stereocenters. The number of rotatable bonds is 6. The van der Waals surface area contributed by atoms with Gasteiger partial charge in [-0.3, -0.25) is 4.79 Å². The van der Waals surface area contributed by atoms with Crippen molar-refractivity contribution in [1.82, 2.24) is 14.5 Å². The number of hydrogen-bond donors (Lipinski definition) is 1. The number of nitrogens with two attached hydrogens (primary N) is 1. The third kappa shape index (κ3) is 4.16. The first-order valence-electron chi connectivity index (χ1n) is 7.15. The van der Waals surface area contributed by atoms with Crippen LogP contribution in [0, 0.1) is 0 Å². The largest absolute Gasteiger partial charge is 0.345 e. The van der Waals surface area contributed by atoms with E-state index >= 15 is 0 Å². The van der Waals surface area contributed by atoms with Gasteiger partial charge in [0, 0.05) is 32.8 Å². The molecule has 1 amide bonds. The lowest BCUT2D eigenvalue weighted by atomic mass is 10.1. The highest BCUT2D eigenvalue weighted by Crippen LogP contribution is 2.06. The molecule has 5 heteroatoms. The smallest absolute Gasteiger partial charge is 0.239 e. The molecule has 0 spiro atoms. The Hall–Kier alpha value is -2.14. The summed E-state index contributed by atoms with van der Waals surface area (Å²) in [5.74, 6) is -0.0462. The summed E-state index contributed by atoms with van der Waals surface area (Å²) >= 11 is 0. The van der Waals surface area contributed by atoms with Gasteiger partial charge in [0.25, 0.3) is 0 Å². The molecule has 0 bridgehead atoms. The fourth-order valence-electron chi connectivity index (χ4n) is 2.14. The van der Waals surface area contributed by atoms with Crippen LogP contribution in [0.3, 0.4) is 0 Å². The van der Waals surface area contributed by atoms with Crippen molar-refractivity contribution in [1.29, 1.82) is 0 Å². The van der Waals surface area contributed by atoms with E-state index in [-0.39, 0.29) is 5.91 Å². The Kier molecular flexibility index (Phi) is 5.11. The van der Waals surface area contributed by atoms with Crippen LogP contribution < -0.4 is 5.73 Å². The molecule has 0 aliphatic rings. The Morgan fingerprint density at radius 2 is 2.10 bits per heavy atom. The van der Waals surface area contributed by atoms with E-state index in [0.717, 1.165) is 12.2 Å². The second kappa shape index (κ2) is 7.04. The van der Waals surface area contributed by atoms with Gasteiger partial charge in [-0.2, -0.15) is 0 Å². The van der Waals surface area contributed by atoms with Crippen LogP contribution in [-0.2, 0) is 17.8 Å². The van der Waals surface area contributed by atoms with Gasteiger partial charge < -0.3 is 15.2 Å². The van der Waals surface area contributed by atoms with E-state index in [1.54, 1.807) is 18.3 Å². The topological polar surface area (TPSA) is 64.2 Å². The van der Waals surface area contributed by atoms with Crippen molar-refractivity contribution >= 4 is 5.91 Å². The third-order valence-electron chi connectivity index (χ3n) is 3.49. The second-order valence-electron chi connectivity index (χ2n) is 5.19. The van der Waals surface area contributed by atoms with Crippen molar-refractivity contribution in [2.75, 3.05) is 13.6 Å². The van der Waals surface area contributed by atoms with Gasteiger partial charge in [0.1, 0.15) is 0 Å². The van der Waals surface area contributed by atoms with E-state index in [9.17, 15) is 4.79 Å². The molecule has 2 aromatic rings. The van der Waals surface area contributed by atoms with Crippen molar-refractivity contribution in [2.24, 2.45) is 5.73 Å². The number of aromatic nitrogens is 2. The van der Waals surface area contributed by atoms with E-state index in [1.807, 2.05) is 35.9 Å². The predicted octanol–water partition coefficient (Wildman–Crippen LogP) is 1.28. The maximum Gasteiger partial charge on any atom is 0.239 e. The number of carbonyl (C=O) groups is 1. The molecule has 1 heterocycles. The van der Waals surface area contributed by atoms with E-state index in [0.29, 0.717) is 13.0 Å². The number of amides is 1. The van der Waals surface area contributed by atoms with Gasteiger partial charge >= 0.3 is 0 Å². The predicted molar refractivity (Wildman–Crippen MR) is 82.8 cm³/mol. The molecule has 0 saturated heterocycles. The standard InChI is InChI=1S/C16H22N4O/c1-3-19(2)16(21)15(17)9-14-11-20(12-18-14)10-13-7-5-4-6-8-13/h4-8,11-12,15H,3,9-10,17H2,1-2H3/t15-/m0/s1. The summed E-state index contributed by atoms with van der Waals surface area (Å²) in [5, 5.41) is 0. The first-order chi connectivity index (χ1) is 10.1. The van der Waals surface area contributed by atoms with Crippen LogP contribution in [0.2, 0.25) is 0 Å². The average molecular weight is 286 g/mol. The molecule has 0 unspecified atom stereocenters. The number of benzene rings is 1. The van der Waals surface area contributed by atoms with Gasteiger partial charge in [-0.15, -0.1) is 0 Å². The fraction of sp³-hybridized carbons (Fsp3) is 0.375. The maximum atomic E-state index is 11.9. The Balaban J connectivity index is 1.95. The summed E-state index contributed by atoms with van der Waals surface area (Å²) in [4.78, 5) is 17.9. The number of hydrogen-bond acceptors (Lipinski definition) is 3. The van der Waals surface area contributed by atoms with Gasteiger partial charge in [-0.05, 0) is 12.5 Å². The Morgan fingerprint density at radius 3 is 2.76 bits per heavy atom. The van der Waals surface area contributed by atoms with Crippen molar-refractivity contribution in [3.05, 3.63) is 54.1 Å². The lowest BCUT2D eigenvalue weighted by molar-refractivity contribution is -0.131. The molecule has 0 saturated carbocycles. The summed E-state index contributed by atoms with van der Waals surface area (Å²) in [5.41, 5.74) is 8.01. The highest BCUT2D eigenvalue weighted by atomic mass is 16.2. The summed E-state index contributed by atoms with van der Waals surface area (Å²) in [6, 6.07) is 9.65. The van der Waals surface area contributed by atoms with E-state index in [4.69, 9.17) is 5.73 Å². The lowest BCUT2D eigenvalue weighted by Crippen LogP contribution is -2.43. The Morgan fingerprint density at radius 1 is 1.38 bits per heavy atom. The second-order valence-corrected chi connectivity index (χ2v) is 5.19. The molecule has 0 fully saturated rings. The molecule has 2 N–H and O–H groups in total. The van der Waals surface area contributed by atoms with Crippen LogP contribution in [0.15, 0.2) is 42.9 Å². The van der Waals surface area contributed by atoms with Crippen LogP contribution in [-0.4, -0.2) is 40.0 Å². The summed E-state index contributed by atoms with van der Waals surface area (Å²) in [6.45, 7) is 3.36. The molecule has 0 aliphatic heterocycles. The number of carbonyl (C=O) groups excluding carboxylic acids is 1. The first kappa shape index (κ1) is 15.3. The molecule has 21 heavy (non-hydrogen) atoms. The molecule has 1 aromatic heterocycles. The number of likely N-dealkylation sites (N-methyl/N-ethyl adjacent to an activating group) is 1. The molecule has 2 rings (SSSR count). The normalized spacial score (nSPS) is 12.1. The van der Waals surface area contributed by atoms with E-state index in [2.05, 4.69) is 17.1 Å².